The minimum absolute atomic E-state index is 0.0376. The number of aromatic carboxylic acids is 1. The van der Waals surface area contributed by atoms with Crippen molar-refractivity contribution in [3.05, 3.63) is 57.6 Å². The van der Waals surface area contributed by atoms with E-state index < -0.39 is 59.1 Å². The van der Waals surface area contributed by atoms with Gasteiger partial charge in [-0.05, 0) is 29.8 Å². The van der Waals surface area contributed by atoms with Crippen LogP contribution >= 0.6 is 0 Å². The number of nitro groups is 1. The van der Waals surface area contributed by atoms with Crippen molar-refractivity contribution in [2.45, 2.75) is 31.2 Å². The number of rotatable bonds is 10. The number of nitro benzene ring substituents is 1. The molecular weight excluding hydrogens is 564 g/mol. The normalized spacial score (nSPS) is 19.8. The van der Waals surface area contributed by atoms with Crippen LogP contribution in [0.2, 0.25) is 0 Å². The van der Waals surface area contributed by atoms with Gasteiger partial charge in [-0.3, -0.25) is 10.1 Å². The first-order valence-corrected chi connectivity index (χ1v) is 12.3. The third kappa shape index (κ3) is 7.94. The fourth-order valence-corrected chi connectivity index (χ4v) is 3.66. The van der Waals surface area contributed by atoms with E-state index >= 15 is 0 Å². The van der Waals surface area contributed by atoms with Crippen LogP contribution in [0.3, 0.4) is 0 Å². The Morgan fingerprint density at radius 1 is 1.07 bits per heavy atom. The number of urea groups is 1. The highest BCUT2D eigenvalue weighted by Crippen LogP contribution is 2.31. The van der Waals surface area contributed by atoms with E-state index in [2.05, 4.69) is 5.32 Å². The molecule has 0 spiro atoms. The first-order valence-electron chi connectivity index (χ1n) is 12.3. The maximum absolute atomic E-state index is 12.4. The van der Waals surface area contributed by atoms with E-state index in [0.29, 0.717) is 0 Å². The molecule has 0 aromatic heterocycles. The summed E-state index contributed by atoms with van der Waals surface area (Å²) in [5.74, 6) is -2.11. The lowest BCUT2D eigenvalue weighted by Crippen LogP contribution is -2.54. The highest BCUT2D eigenvalue weighted by Gasteiger charge is 2.39. The highest BCUT2D eigenvalue weighted by atomic mass is 16.7. The molecule has 1 heterocycles. The molecule has 17 heteroatoms. The molecule has 1 saturated heterocycles. The molecule has 228 valence electrons. The number of phenols is 1. The predicted octanol–water partition coefficient (Wildman–Crippen LogP) is 0.549. The molecule has 42 heavy (non-hydrogen) atoms. The number of aliphatic hydroxyl groups is 3. The van der Waals surface area contributed by atoms with Crippen LogP contribution in [-0.2, 0) is 16.1 Å². The zero-order valence-electron chi connectivity index (χ0n) is 22.4. The molecule has 0 saturated carbocycles. The number of carboxylic acids is 1. The second kappa shape index (κ2) is 13.8. The molecule has 3 rings (SSSR count). The summed E-state index contributed by atoms with van der Waals surface area (Å²) in [6, 6.07) is 6.63. The van der Waals surface area contributed by atoms with Crippen molar-refractivity contribution >= 4 is 29.5 Å². The van der Waals surface area contributed by atoms with Crippen LogP contribution in [0.4, 0.5) is 21.0 Å². The fourth-order valence-electron chi connectivity index (χ4n) is 3.66. The van der Waals surface area contributed by atoms with Crippen molar-refractivity contribution in [1.82, 2.24) is 9.80 Å². The maximum Gasteiger partial charge on any atom is 0.409 e. The molecule has 2 aromatic rings. The molecule has 3 amide bonds. The Labute approximate surface area is 238 Å². The van der Waals surface area contributed by atoms with Gasteiger partial charge < -0.3 is 54.9 Å². The Morgan fingerprint density at radius 2 is 1.76 bits per heavy atom. The number of anilines is 1. The number of hydrogen-bond donors (Lipinski definition) is 6. The maximum atomic E-state index is 12.4. The zero-order valence-corrected chi connectivity index (χ0v) is 22.4. The summed E-state index contributed by atoms with van der Waals surface area (Å²) in [5, 5.41) is 62.1. The van der Waals surface area contributed by atoms with Crippen LogP contribution in [0.15, 0.2) is 36.4 Å². The number of amides is 3. The van der Waals surface area contributed by atoms with Gasteiger partial charge in [-0.15, -0.1) is 0 Å². The van der Waals surface area contributed by atoms with Gasteiger partial charge in [-0.1, -0.05) is 6.07 Å². The van der Waals surface area contributed by atoms with Gasteiger partial charge >= 0.3 is 23.8 Å². The second-order valence-corrected chi connectivity index (χ2v) is 9.29. The van der Waals surface area contributed by atoms with E-state index in [4.69, 9.17) is 19.3 Å². The summed E-state index contributed by atoms with van der Waals surface area (Å²) in [7, 11) is 2.85. The van der Waals surface area contributed by atoms with Crippen LogP contribution in [-0.4, -0.2) is 117 Å². The third-order valence-electron chi connectivity index (χ3n) is 6.19. The lowest BCUT2D eigenvalue weighted by atomic mass is 10.1. The van der Waals surface area contributed by atoms with E-state index in [-0.39, 0.29) is 48.9 Å². The summed E-state index contributed by atoms with van der Waals surface area (Å²) in [5.41, 5.74) is -0.533. The average molecular weight is 595 g/mol. The van der Waals surface area contributed by atoms with Gasteiger partial charge in [-0.2, -0.15) is 0 Å². The zero-order chi connectivity index (χ0) is 31.1. The average Bonchev–Trinajstić information content (AvgIpc) is 2.95. The molecule has 1 aliphatic heterocycles. The van der Waals surface area contributed by atoms with Crippen LogP contribution in [0.1, 0.15) is 15.9 Å². The summed E-state index contributed by atoms with van der Waals surface area (Å²) in [6.07, 6.45) is -6.83. The Hall–Kier alpha value is -4.71. The highest BCUT2D eigenvalue weighted by molar-refractivity contribution is 5.95. The minimum atomic E-state index is -1.66. The van der Waals surface area contributed by atoms with E-state index in [1.54, 1.807) is 0 Å². The number of carbonyl (C=O) groups excluding carboxylic acids is 2. The number of carboxylic acid groups (broad SMARTS) is 1. The second-order valence-electron chi connectivity index (χ2n) is 9.29. The van der Waals surface area contributed by atoms with E-state index in [1.807, 2.05) is 0 Å². The van der Waals surface area contributed by atoms with E-state index in [1.165, 1.54) is 42.1 Å². The number of aliphatic hydroxyl groups excluding tert-OH is 3. The number of nitrogens with zero attached hydrogens (tertiary/aromatic N) is 3. The Balaban J connectivity index is 1.51. The van der Waals surface area contributed by atoms with Gasteiger partial charge in [0.25, 0.3) is 0 Å². The topological polar surface area (TPSA) is 242 Å². The van der Waals surface area contributed by atoms with Crippen molar-refractivity contribution < 1.29 is 59.1 Å². The Bertz CT molecular complexity index is 1320. The van der Waals surface area contributed by atoms with Gasteiger partial charge in [-0.25, -0.2) is 14.4 Å². The number of aromatic hydroxyl groups is 1. The molecule has 4 atom stereocenters. The van der Waals surface area contributed by atoms with Gasteiger partial charge in [0, 0.05) is 38.9 Å². The summed E-state index contributed by atoms with van der Waals surface area (Å²) < 4.78 is 15.7. The standard InChI is InChI=1S/C25H30N4O13/c1-27(24(36)26-14-4-5-17(30)15(10-14)22(34)35)7-8-28(2)25(37)41-11-13-3-6-19(16(9-13)29(38)39)42-23-21(33)20(32)18(31)12-40-23/h3-6,9-10,18,20-21,23,30-33H,7-8,11-12H2,1-2H3,(H,26,36)(H,34,35)/t18-,20+,21-,23+/m1/s1. The van der Waals surface area contributed by atoms with Crippen molar-refractivity contribution in [1.29, 1.82) is 0 Å². The van der Waals surface area contributed by atoms with Gasteiger partial charge in [0.15, 0.2) is 5.75 Å². The third-order valence-corrected chi connectivity index (χ3v) is 6.19. The van der Waals surface area contributed by atoms with Crippen molar-refractivity contribution in [3.63, 3.8) is 0 Å². The van der Waals surface area contributed by atoms with Crippen LogP contribution in [0, 0.1) is 10.1 Å². The van der Waals surface area contributed by atoms with Crippen molar-refractivity contribution in [3.8, 4) is 11.5 Å². The number of likely N-dealkylation sites (N-methyl/N-ethyl adjacent to an activating group) is 2. The van der Waals surface area contributed by atoms with Crippen molar-refractivity contribution in [2.75, 3.05) is 39.1 Å². The molecular formula is C25H30N4O13. The quantitative estimate of drug-likeness (QED) is 0.125. The lowest BCUT2D eigenvalue weighted by molar-refractivity contribution is -0.386. The van der Waals surface area contributed by atoms with Gasteiger partial charge in [0.2, 0.25) is 6.29 Å². The number of benzene rings is 2. The first-order chi connectivity index (χ1) is 19.8. The van der Waals surface area contributed by atoms with Crippen molar-refractivity contribution in [2.24, 2.45) is 0 Å². The Kier molecular flexibility index (Phi) is 10.4. The molecule has 17 nitrogen and oxygen atoms in total. The van der Waals surface area contributed by atoms with Crippen LogP contribution < -0.4 is 10.1 Å². The Morgan fingerprint density at radius 3 is 2.43 bits per heavy atom. The summed E-state index contributed by atoms with van der Waals surface area (Å²) in [6.45, 7) is -0.610. The van der Waals surface area contributed by atoms with Gasteiger partial charge in [0.05, 0.1) is 11.5 Å². The lowest BCUT2D eigenvalue weighted by Gasteiger charge is -2.34. The number of nitrogens with one attached hydrogen (secondary N) is 1. The number of carbonyl (C=O) groups is 3. The minimum Gasteiger partial charge on any atom is -0.507 e. The molecule has 0 aliphatic carbocycles. The van der Waals surface area contributed by atoms with Crippen LogP contribution in [0.5, 0.6) is 11.5 Å². The first kappa shape index (κ1) is 31.8. The largest absolute Gasteiger partial charge is 0.507 e. The molecule has 0 radical (unpaired) electrons. The summed E-state index contributed by atoms with van der Waals surface area (Å²) in [4.78, 5) is 49.2. The monoisotopic (exact) mass is 594 g/mol. The molecule has 2 aromatic carbocycles. The smallest absolute Gasteiger partial charge is 0.409 e. The molecule has 0 bridgehead atoms. The number of ether oxygens (including phenoxy) is 3. The van der Waals surface area contributed by atoms with E-state index in [9.17, 15) is 44.9 Å². The molecule has 1 aliphatic rings. The fraction of sp³-hybridized carbons (Fsp3) is 0.400. The number of hydrogen-bond acceptors (Lipinski definition) is 12. The van der Waals surface area contributed by atoms with Crippen LogP contribution in [0.25, 0.3) is 0 Å². The molecule has 6 N–H and O–H groups in total. The molecule has 1 fully saturated rings. The predicted molar refractivity (Wildman–Crippen MR) is 141 cm³/mol. The van der Waals surface area contributed by atoms with E-state index in [0.717, 1.165) is 18.2 Å². The SMILES string of the molecule is CN(CCN(C)C(=O)OCc1ccc(O[C@@H]2OC[C@@H](O)[C@H](O)[C@H]2O)c([N+](=O)[O-])c1)C(=O)Nc1ccc(O)c(C(=O)O)c1. The molecule has 0 unspecified atom stereocenters. The van der Waals surface area contributed by atoms with Gasteiger partial charge in [0.1, 0.15) is 36.2 Å². The summed E-state index contributed by atoms with van der Waals surface area (Å²) >= 11 is 0.